The molecule has 0 unspecified atom stereocenters. The molecule has 78 valence electrons. The molecule has 2 rings (SSSR count). The number of halogens is 1. The van der Waals surface area contributed by atoms with Crippen LogP contribution in [-0.2, 0) is 4.79 Å². The number of rotatable bonds is 2. The highest BCUT2D eigenvalue weighted by molar-refractivity contribution is 6.83. The summed E-state index contributed by atoms with van der Waals surface area (Å²) in [7, 11) is 0. The number of carbonyl (C=O) groups excluding carboxylic acids is 2. The number of fused-ring (bicyclic) bond motifs is 1. The second-order valence-electron chi connectivity index (χ2n) is 3.18. The van der Waals surface area contributed by atoms with Gasteiger partial charge in [-0.2, -0.15) is 5.26 Å². The van der Waals surface area contributed by atoms with E-state index in [1.807, 2.05) is 6.07 Å². The van der Waals surface area contributed by atoms with Crippen molar-refractivity contribution in [2.45, 2.75) is 0 Å². The van der Waals surface area contributed by atoms with Crippen molar-refractivity contribution in [1.82, 2.24) is 4.98 Å². The maximum absolute atomic E-state index is 11.4. The first kappa shape index (κ1) is 10.4. The minimum Gasteiger partial charge on any atom is -0.360 e. The van der Waals surface area contributed by atoms with E-state index in [0.29, 0.717) is 16.5 Å². The molecule has 0 atom stereocenters. The Morgan fingerprint density at radius 1 is 1.38 bits per heavy atom. The Morgan fingerprint density at radius 2 is 2.12 bits per heavy atom. The largest absolute Gasteiger partial charge is 0.360 e. The second kappa shape index (κ2) is 3.80. The van der Waals surface area contributed by atoms with Gasteiger partial charge in [0.25, 0.3) is 5.24 Å². The van der Waals surface area contributed by atoms with Crippen LogP contribution in [0.5, 0.6) is 0 Å². The zero-order valence-corrected chi connectivity index (χ0v) is 8.71. The van der Waals surface area contributed by atoms with Crippen molar-refractivity contribution in [3.63, 3.8) is 0 Å². The van der Waals surface area contributed by atoms with Crippen LogP contribution >= 0.6 is 11.6 Å². The SMILES string of the molecule is N#Cc1ccc2[nH]cc(C(=O)C(=O)Cl)c2c1. The molecule has 0 aliphatic heterocycles. The van der Waals surface area contributed by atoms with Crippen molar-refractivity contribution in [2.24, 2.45) is 0 Å². The topological polar surface area (TPSA) is 73.7 Å². The number of aromatic nitrogens is 1. The van der Waals surface area contributed by atoms with E-state index in [-0.39, 0.29) is 5.56 Å². The first-order valence-corrected chi connectivity index (χ1v) is 4.76. The Balaban J connectivity index is 2.68. The van der Waals surface area contributed by atoms with E-state index in [1.54, 1.807) is 18.2 Å². The van der Waals surface area contributed by atoms with Gasteiger partial charge in [0, 0.05) is 17.1 Å². The van der Waals surface area contributed by atoms with Crippen molar-refractivity contribution in [1.29, 1.82) is 5.26 Å². The Bertz CT molecular complexity index is 637. The number of hydrogen-bond donors (Lipinski definition) is 1. The van der Waals surface area contributed by atoms with Gasteiger partial charge in [-0.25, -0.2) is 0 Å². The summed E-state index contributed by atoms with van der Waals surface area (Å²) >= 11 is 5.13. The van der Waals surface area contributed by atoms with Gasteiger partial charge in [0.15, 0.2) is 0 Å². The molecule has 16 heavy (non-hydrogen) atoms. The summed E-state index contributed by atoms with van der Waals surface area (Å²) in [6, 6.07) is 6.79. The highest BCUT2D eigenvalue weighted by Crippen LogP contribution is 2.20. The molecule has 1 N–H and O–H groups in total. The summed E-state index contributed by atoms with van der Waals surface area (Å²) in [5, 5.41) is 8.22. The molecule has 0 spiro atoms. The fraction of sp³-hybridized carbons (Fsp3) is 0. The fourth-order valence-electron chi connectivity index (χ4n) is 1.48. The molecule has 1 heterocycles. The molecule has 0 amide bonds. The third-order valence-electron chi connectivity index (χ3n) is 2.23. The molecule has 0 aliphatic rings. The lowest BCUT2D eigenvalue weighted by Gasteiger charge is -1.94. The third-order valence-corrected chi connectivity index (χ3v) is 2.41. The zero-order valence-electron chi connectivity index (χ0n) is 7.95. The maximum Gasteiger partial charge on any atom is 0.293 e. The van der Waals surface area contributed by atoms with E-state index < -0.39 is 11.0 Å². The van der Waals surface area contributed by atoms with Crippen LogP contribution < -0.4 is 0 Å². The number of aromatic amines is 1. The third kappa shape index (κ3) is 1.58. The van der Waals surface area contributed by atoms with Gasteiger partial charge in [0.2, 0.25) is 5.78 Å². The minimum absolute atomic E-state index is 0.187. The average molecular weight is 233 g/mol. The first-order chi connectivity index (χ1) is 7.63. The normalized spacial score (nSPS) is 10.0. The smallest absolute Gasteiger partial charge is 0.293 e. The van der Waals surface area contributed by atoms with Gasteiger partial charge in [-0.15, -0.1) is 0 Å². The number of benzene rings is 1. The molecule has 0 fully saturated rings. The maximum atomic E-state index is 11.4. The summed E-state index contributed by atoms with van der Waals surface area (Å²) in [4.78, 5) is 25.0. The molecule has 2 aromatic rings. The van der Waals surface area contributed by atoms with E-state index in [4.69, 9.17) is 16.9 Å². The van der Waals surface area contributed by atoms with E-state index in [9.17, 15) is 9.59 Å². The van der Waals surface area contributed by atoms with Crippen LogP contribution in [0.25, 0.3) is 10.9 Å². The Labute approximate surface area is 95.4 Å². The molecule has 0 saturated heterocycles. The van der Waals surface area contributed by atoms with Crippen LogP contribution in [0.4, 0.5) is 0 Å². The van der Waals surface area contributed by atoms with Gasteiger partial charge < -0.3 is 4.98 Å². The standard InChI is InChI=1S/C11H5ClN2O2/c12-11(16)10(15)8-5-14-9-2-1-6(4-13)3-7(8)9/h1-3,5,14H. The van der Waals surface area contributed by atoms with Gasteiger partial charge in [0.05, 0.1) is 17.2 Å². The number of carbonyl (C=O) groups is 2. The van der Waals surface area contributed by atoms with Crippen LogP contribution in [0, 0.1) is 11.3 Å². The predicted octanol–water partition coefficient (Wildman–Crippen LogP) is 1.99. The molecule has 5 heteroatoms. The van der Waals surface area contributed by atoms with E-state index in [1.165, 1.54) is 6.20 Å². The molecule has 0 aliphatic carbocycles. The van der Waals surface area contributed by atoms with Crippen molar-refractivity contribution in [3.8, 4) is 6.07 Å². The lowest BCUT2D eigenvalue weighted by atomic mass is 10.1. The fourth-order valence-corrected chi connectivity index (χ4v) is 1.59. The first-order valence-electron chi connectivity index (χ1n) is 4.39. The number of nitrogens with one attached hydrogen (secondary N) is 1. The van der Waals surface area contributed by atoms with Crippen LogP contribution in [0.1, 0.15) is 15.9 Å². The highest BCUT2D eigenvalue weighted by Gasteiger charge is 2.17. The summed E-state index contributed by atoms with van der Waals surface area (Å²) in [5.41, 5.74) is 1.29. The monoisotopic (exact) mass is 232 g/mol. The number of hydrogen-bond acceptors (Lipinski definition) is 3. The summed E-state index contributed by atoms with van der Waals surface area (Å²) in [6.45, 7) is 0. The van der Waals surface area contributed by atoms with Gasteiger partial charge >= 0.3 is 0 Å². The number of H-pyrrole nitrogens is 1. The van der Waals surface area contributed by atoms with Crippen LogP contribution in [-0.4, -0.2) is 16.0 Å². The van der Waals surface area contributed by atoms with Gasteiger partial charge in [-0.1, -0.05) is 0 Å². The molecule has 1 aromatic heterocycles. The van der Waals surface area contributed by atoms with Gasteiger partial charge in [-0.05, 0) is 29.8 Å². The molecular weight excluding hydrogens is 228 g/mol. The van der Waals surface area contributed by atoms with Crippen molar-refractivity contribution < 1.29 is 9.59 Å². The molecule has 4 nitrogen and oxygen atoms in total. The predicted molar refractivity (Wildman–Crippen MR) is 58.2 cm³/mol. The number of Topliss-reactive ketones (excluding diaryl/α,β-unsaturated/α-hetero) is 1. The molecular formula is C11H5ClN2O2. The summed E-state index contributed by atoms with van der Waals surface area (Å²) < 4.78 is 0. The van der Waals surface area contributed by atoms with Gasteiger partial charge in [-0.3, -0.25) is 9.59 Å². The van der Waals surface area contributed by atoms with Crippen molar-refractivity contribution in [3.05, 3.63) is 35.5 Å². The molecule has 0 bridgehead atoms. The number of ketones is 1. The molecule has 0 saturated carbocycles. The lowest BCUT2D eigenvalue weighted by Crippen LogP contribution is -2.06. The Kier molecular flexibility index (Phi) is 2.47. The van der Waals surface area contributed by atoms with Gasteiger partial charge in [0.1, 0.15) is 0 Å². The van der Waals surface area contributed by atoms with Crippen LogP contribution in [0.15, 0.2) is 24.4 Å². The van der Waals surface area contributed by atoms with E-state index in [2.05, 4.69) is 4.98 Å². The van der Waals surface area contributed by atoms with E-state index in [0.717, 1.165) is 0 Å². The second-order valence-corrected chi connectivity index (χ2v) is 3.52. The van der Waals surface area contributed by atoms with Crippen molar-refractivity contribution >= 4 is 33.5 Å². The van der Waals surface area contributed by atoms with E-state index >= 15 is 0 Å². The Morgan fingerprint density at radius 3 is 2.75 bits per heavy atom. The average Bonchev–Trinajstić information content (AvgIpc) is 2.70. The molecule has 1 aromatic carbocycles. The van der Waals surface area contributed by atoms with Crippen LogP contribution in [0.3, 0.4) is 0 Å². The summed E-state index contributed by atoms with van der Waals surface area (Å²) in [5.74, 6) is -0.775. The number of nitrogens with zero attached hydrogens (tertiary/aromatic N) is 1. The highest BCUT2D eigenvalue weighted by atomic mass is 35.5. The number of nitriles is 1. The van der Waals surface area contributed by atoms with Crippen LogP contribution in [0.2, 0.25) is 0 Å². The quantitative estimate of drug-likeness (QED) is 0.489. The van der Waals surface area contributed by atoms with Crippen molar-refractivity contribution in [2.75, 3.05) is 0 Å². The summed E-state index contributed by atoms with van der Waals surface area (Å²) in [6.07, 6.45) is 1.41. The molecule has 0 radical (unpaired) electrons. The minimum atomic E-state index is -1.04. The lowest BCUT2D eigenvalue weighted by molar-refractivity contribution is -0.108. The Hall–Kier alpha value is -2.12. The zero-order chi connectivity index (χ0) is 11.7.